The van der Waals surface area contributed by atoms with Gasteiger partial charge in [0.2, 0.25) is 5.13 Å². The summed E-state index contributed by atoms with van der Waals surface area (Å²) in [5, 5.41) is 8.60. The normalized spacial score (nSPS) is 14.9. The van der Waals surface area contributed by atoms with Crippen LogP contribution in [0.3, 0.4) is 0 Å². The summed E-state index contributed by atoms with van der Waals surface area (Å²) in [5.74, 6) is 2.60. The van der Waals surface area contributed by atoms with Crippen molar-refractivity contribution in [1.29, 1.82) is 0 Å². The summed E-state index contributed by atoms with van der Waals surface area (Å²) >= 11 is 1.49. The Labute approximate surface area is 180 Å². The van der Waals surface area contributed by atoms with Gasteiger partial charge in [0, 0.05) is 62.3 Å². The van der Waals surface area contributed by atoms with Crippen LogP contribution in [0.1, 0.15) is 25.4 Å². The van der Waals surface area contributed by atoms with Crippen molar-refractivity contribution in [1.82, 2.24) is 24.7 Å². The van der Waals surface area contributed by atoms with Crippen molar-refractivity contribution in [2.45, 2.75) is 26.8 Å². The number of anilines is 1. The van der Waals surface area contributed by atoms with Gasteiger partial charge < -0.3 is 19.6 Å². The lowest BCUT2D eigenvalue weighted by Gasteiger charge is -2.36. The average Bonchev–Trinajstić information content (AvgIpc) is 3.47. The smallest absolute Gasteiger partial charge is 0.205 e. The molecule has 4 rings (SSSR count). The van der Waals surface area contributed by atoms with E-state index in [0.29, 0.717) is 6.54 Å². The Morgan fingerprint density at radius 3 is 2.67 bits per heavy atom. The van der Waals surface area contributed by atoms with E-state index in [1.165, 1.54) is 11.5 Å². The monoisotopic (exact) mass is 425 g/mol. The average molecular weight is 426 g/mol. The first kappa shape index (κ1) is 20.3. The molecule has 30 heavy (non-hydrogen) atoms. The molecule has 0 unspecified atom stereocenters. The minimum atomic E-state index is 0.481. The molecule has 0 radical (unpaired) electrons. The molecule has 158 valence electrons. The fourth-order valence-corrected chi connectivity index (χ4v) is 4.13. The fourth-order valence-electron chi connectivity index (χ4n) is 3.33. The van der Waals surface area contributed by atoms with E-state index in [9.17, 15) is 0 Å². The Morgan fingerprint density at radius 1 is 1.17 bits per heavy atom. The van der Waals surface area contributed by atoms with Gasteiger partial charge in [0.05, 0.1) is 6.54 Å². The second-order valence-electron chi connectivity index (χ2n) is 7.04. The molecule has 0 atom stereocenters. The highest BCUT2D eigenvalue weighted by molar-refractivity contribution is 7.09. The molecule has 0 amide bonds. The number of hydrogen-bond acceptors (Lipinski definition) is 7. The molecular weight excluding hydrogens is 398 g/mol. The van der Waals surface area contributed by atoms with E-state index in [2.05, 4.69) is 43.5 Å². The second kappa shape index (κ2) is 9.71. The topological polar surface area (TPSA) is 82.7 Å². The third kappa shape index (κ3) is 4.79. The van der Waals surface area contributed by atoms with Crippen LogP contribution in [-0.2, 0) is 13.0 Å². The first-order valence-corrected chi connectivity index (χ1v) is 11.2. The summed E-state index contributed by atoms with van der Waals surface area (Å²) in [4.78, 5) is 14.0. The molecule has 9 heteroatoms. The van der Waals surface area contributed by atoms with Crippen LogP contribution in [0.4, 0.5) is 5.13 Å². The zero-order chi connectivity index (χ0) is 20.8. The maximum absolute atomic E-state index is 5.49. The van der Waals surface area contributed by atoms with Gasteiger partial charge in [0.1, 0.15) is 11.5 Å². The number of piperazine rings is 1. The van der Waals surface area contributed by atoms with Crippen molar-refractivity contribution in [3.63, 3.8) is 0 Å². The van der Waals surface area contributed by atoms with Crippen LogP contribution in [0.15, 0.2) is 45.9 Å². The Kier molecular flexibility index (Phi) is 6.58. The van der Waals surface area contributed by atoms with Crippen LogP contribution in [0.25, 0.3) is 11.3 Å². The van der Waals surface area contributed by atoms with Crippen LogP contribution < -0.4 is 10.2 Å². The second-order valence-corrected chi connectivity index (χ2v) is 7.77. The van der Waals surface area contributed by atoms with Crippen LogP contribution in [-0.4, -0.2) is 58.1 Å². The molecule has 0 saturated carbocycles. The standard InChI is InChI=1S/C21H27N7OS/c1-3-19-24-21(30-26-19)28-12-10-27(11-13-28)20(22-4-2)23-15-17-14-18(29-25-17)16-8-6-5-7-9-16/h5-9,14H,3-4,10-13,15H2,1-2H3,(H,22,23). The minimum absolute atomic E-state index is 0.481. The summed E-state index contributed by atoms with van der Waals surface area (Å²) < 4.78 is 9.89. The number of aliphatic imine (C=N–C) groups is 1. The maximum atomic E-state index is 5.49. The molecule has 8 nitrogen and oxygen atoms in total. The number of benzene rings is 1. The van der Waals surface area contributed by atoms with Crippen LogP contribution in [0.5, 0.6) is 0 Å². The molecule has 1 aliphatic heterocycles. The third-order valence-electron chi connectivity index (χ3n) is 4.97. The van der Waals surface area contributed by atoms with Crippen molar-refractivity contribution in [2.24, 2.45) is 4.99 Å². The summed E-state index contributed by atoms with van der Waals surface area (Å²) in [5.41, 5.74) is 1.84. The highest BCUT2D eigenvalue weighted by atomic mass is 32.1. The quantitative estimate of drug-likeness (QED) is 0.480. The van der Waals surface area contributed by atoms with Gasteiger partial charge in [-0.3, -0.25) is 0 Å². The van der Waals surface area contributed by atoms with Gasteiger partial charge in [-0.15, -0.1) is 0 Å². The van der Waals surface area contributed by atoms with Crippen molar-refractivity contribution in [3.05, 3.63) is 47.9 Å². The van der Waals surface area contributed by atoms with Gasteiger partial charge >= 0.3 is 0 Å². The lowest BCUT2D eigenvalue weighted by atomic mass is 10.2. The molecular formula is C21H27N7OS. The largest absolute Gasteiger partial charge is 0.357 e. The molecule has 1 fully saturated rings. The molecule has 3 aromatic rings. The number of nitrogens with one attached hydrogen (secondary N) is 1. The van der Waals surface area contributed by atoms with Crippen molar-refractivity contribution >= 4 is 22.6 Å². The minimum Gasteiger partial charge on any atom is -0.357 e. The predicted molar refractivity (Wildman–Crippen MR) is 120 cm³/mol. The number of aryl methyl sites for hydroxylation is 1. The van der Waals surface area contributed by atoms with E-state index in [1.54, 1.807) is 0 Å². The number of guanidine groups is 1. The van der Waals surface area contributed by atoms with Gasteiger partial charge in [0.15, 0.2) is 11.7 Å². The molecule has 1 saturated heterocycles. The zero-order valence-corrected chi connectivity index (χ0v) is 18.2. The van der Waals surface area contributed by atoms with Crippen molar-refractivity contribution in [2.75, 3.05) is 37.6 Å². The maximum Gasteiger partial charge on any atom is 0.205 e. The molecule has 3 heterocycles. The highest BCUT2D eigenvalue weighted by Gasteiger charge is 2.22. The number of nitrogens with zero attached hydrogens (tertiary/aromatic N) is 6. The van der Waals surface area contributed by atoms with Gasteiger partial charge in [-0.2, -0.15) is 4.37 Å². The number of hydrogen-bond donors (Lipinski definition) is 1. The van der Waals surface area contributed by atoms with E-state index in [4.69, 9.17) is 9.52 Å². The van der Waals surface area contributed by atoms with E-state index >= 15 is 0 Å². The first-order chi connectivity index (χ1) is 14.8. The fraction of sp³-hybridized carbons (Fsp3) is 0.429. The van der Waals surface area contributed by atoms with Crippen LogP contribution in [0.2, 0.25) is 0 Å². The lowest BCUT2D eigenvalue weighted by Crippen LogP contribution is -2.52. The third-order valence-corrected chi connectivity index (χ3v) is 5.78. The predicted octanol–water partition coefficient (Wildman–Crippen LogP) is 3.04. The zero-order valence-electron chi connectivity index (χ0n) is 17.4. The first-order valence-electron chi connectivity index (χ1n) is 10.4. The number of rotatable bonds is 6. The molecule has 1 N–H and O–H groups in total. The van der Waals surface area contributed by atoms with Gasteiger partial charge in [-0.1, -0.05) is 42.4 Å². The summed E-state index contributed by atoms with van der Waals surface area (Å²) in [6, 6.07) is 12.0. The van der Waals surface area contributed by atoms with Gasteiger partial charge in [-0.25, -0.2) is 9.98 Å². The van der Waals surface area contributed by atoms with Crippen LogP contribution in [0, 0.1) is 0 Å². The molecule has 0 aliphatic carbocycles. The summed E-state index contributed by atoms with van der Waals surface area (Å²) in [6.07, 6.45) is 0.877. The lowest BCUT2D eigenvalue weighted by molar-refractivity contribution is 0.371. The summed E-state index contributed by atoms with van der Waals surface area (Å²) in [6.45, 7) is 9.07. The molecule has 0 bridgehead atoms. The SMILES string of the molecule is CCNC(=NCc1cc(-c2ccccc2)on1)N1CCN(c2nc(CC)ns2)CC1. The molecule has 1 aromatic carbocycles. The molecule has 0 spiro atoms. The Hall–Kier alpha value is -2.94. The molecule has 2 aromatic heterocycles. The van der Waals surface area contributed by atoms with E-state index in [0.717, 1.165) is 73.1 Å². The van der Waals surface area contributed by atoms with Crippen molar-refractivity contribution < 1.29 is 4.52 Å². The van der Waals surface area contributed by atoms with E-state index < -0.39 is 0 Å². The Bertz CT molecular complexity index is 961. The van der Waals surface area contributed by atoms with Crippen molar-refractivity contribution in [3.8, 4) is 11.3 Å². The van der Waals surface area contributed by atoms with E-state index in [-0.39, 0.29) is 0 Å². The number of aromatic nitrogens is 3. The van der Waals surface area contributed by atoms with Gasteiger partial charge in [0.25, 0.3) is 0 Å². The van der Waals surface area contributed by atoms with E-state index in [1.807, 2.05) is 36.4 Å². The molecule has 1 aliphatic rings. The summed E-state index contributed by atoms with van der Waals surface area (Å²) in [7, 11) is 0. The van der Waals surface area contributed by atoms with Crippen LogP contribution >= 0.6 is 11.5 Å². The Morgan fingerprint density at radius 2 is 1.97 bits per heavy atom. The highest BCUT2D eigenvalue weighted by Crippen LogP contribution is 2.21. The van der Waals surface area contributed by atoms with Gasteiger partial charge in [-0.05, 0) is 6.92 Å². The Balaban J connectivity index is 1.38.